The molecule has 1 aliphatic heterocycles. The zero-order valence-electron chi connectivity index (χ0n) is 16.4. The first-order valence-corrected chi connectivity index (χ1v) is 9.07. The van der Waals surface area contributed by atoms with Gasteiger partial charge in [-0.3, -0.25) is 4.79 Å². The molecule has 0 radical (unpaired) electrons. The van der Waals surface area contributed by atoms with Gasteiger partial charge in [0.15, 0.2) is 0 Å². The van der Waals surface area contributed by atoms with Crippen molar-refractivity contribution in [2.45, 2.75) is 39.2 Å². The van der Waals surface area contributed by atoms with Crippen LogP contribution < -0.4 is 4.74 Å². The molecule has 2 amide bonds. The van der Waals surface area contributed by atoms with E-state index >= 15 is 0 Å². The molecule has 0 aromatic heterocycles. The van der Waals surface area contributed by atoms with Gasteiger partial charge in [0.05, 0.1) is 7.11 Å². The topological polar surface area (TPSA) is 59.1 Å². The van der Waals surface area contributed by atoms with Gasteiger partial charge in [-0.2, -0.15) is 0 Å². The summed E-state index contributed by atoms with van der Waals surface area (Å²) in [7, 11) is 3.43. The fourth-order valence-electron chi connectivity index (χ4n) is 3.05. The highest BCUT2D eigenvalue weighted by Gasteiger charge is 2.28. The molecular formula is C20H30N2O4. The van der Waals surface area contributed by atoms with Gasteiger partial charge in [0.2, 0.25) is 0 Å². The van der Waals surface area contributed by atoms with E-state index in [-0.39, 0.29) is 12.0 Å². The number of amides is 2. The largest absolute Gasteiger partial charge is 0.497 e. The van der Waals surface area contributed by atoms with Gasteiger partial charge in [0.25, 0.3) is 5.91 Å². The summed E-state index contributed by atoms with van der Waals surface area (Å²) in [6.45, 7) is 7.65. The van der Waals surface area contributed by atoms with E-state index in [1.165, 1.54) is 0 Å². The molecule has 1 aliphatic rings. The van der Waals surface area contributed by atoms with E-state index in [1.54, 1.807) is 41.2 Å². The highest BCUT2D eigenvalue weighted by Crippen LogP contribution is 2.21. The molecular weight excluding hydrogens is 332 g/mol. The van der Waals surface area contributed by atoms with Gasteiger partial charge in [-0.1, -0.05) is 0 Å². The Hall–Kier alpha value is -2.24. The van der Waals surface area contributed by atoms with Crippen molar-refractivity contribution in [1.82, 2.24) is 9.80 Å². The molecule has 0 spiro atoms. The van der Waals surface area contributed by atoms with Gasteiger partial charge in [-0.25, -0.2) is 4.79 Å². The summed E-state index contributed by atoms with van der Waals surface area (Å²) in [6, 6.07) is 7.15. The van der Waals surface area contributed by atoms with Crippen molar-refractivity contribution in [2.24, 2.45) is 5.92 Å². The van der Waals surface area contributed by atoms with Crippen LogP contribution in [0.15, 0.2) is 24.3 Å². The van der Waals surface area contributed by atoms with Crippen LogP contribution in [0, 0.1) is 5.92 Å². The molecule has 1 saturated heterocycles. The summed E-state index contributed by atoms with van der Waals surface area (Å²) >= 11 is 0. The van der Waals surface area contributed by atoms with E-state index in [0.717, 1.165) is 18.6 Å². The maximum absolute atomic E-state index is 12.5. The predicted molar refractivity (Wildman–Crippen MR) is 100 cm³/mol. The smallest absolute Gasteiger partial charge is 0.410 e. The lowest BCUT2D eigenvalue weighted by Gasteiger charge is -2.34. The van der Waals surface area contributed by atoms with E-state index in [2.05, 4.69) is 0 Å². The molecule has 2 rings (SSSR count). The zero-order valence-corrected chi connectivity index (χ0v) is 16.4. The molecule has 0 aliphatic carbocycles. The molecule has 26 heavy (non-hydrogen) atoms. The summed E-state index contributed by atoms with van der Waals surface area (Å²) in [5, 5.41) is 0. The molecule has 0 atom stereocenters. The van der Waals surface area contributed by atoms with Crippen molar-refractivity contribution >= 4 is 12.0 Å². The van der Waals surface area contributed by atoms with Gasteiger partial charge in [0.1, 0.15) is 11.4 Å². The molecule has 1 heterocycles. The van der Waals surface area contributed by atoms with Crippen LogP contribution in [0.5, 0.6) is 5.75 Å². The van der Waals surface area contributed by atoms with Gasteiger partial charge in [0, 0.05) is 32.2 Å². The summed E-state index contributed by atoms with van der Waals surface area (Å²) < 4.78 is 10.5. The first kappa shape index (κ1) is 20.1. The summed E-state index contributed by atoms with van der Waals surface area (Å²) in [6.07, 6.45) is 1.50. The maximum atomic E-state index is 12.5. The Balaban J connectivity index is 1.82. The van der Waals surface area contributed by atoms with Crippen molar-refractivity contribution in [1.29, 1.82) is 0 Å². The lowest BCUT2D eigenvalue weighted by molar-refractivity contribution is 0.0171. The monoisotopic (exact) mass is 362 g/mol. The highest BCUT2D eigenvalue weighted by atomic mass is 16.6. The summed E-state index contributed by atoms with van der Waals surface area (Å²) in [5.41, 5.74) is 0.179. The number of hydrogen-bond acceptors (Lipinski definition) is 4. The molecule has 0 N–H and O–H groups in total. The normalized spacial score (nSPS) is 15.5. The maximum Gasteiger partial charge on any atom is 0.410 e. The Morgan fingerprint density at radius 3 is 2.23 bits per heavy atom. The molecule has 1 aromatic carbocycles. The number of nitrogens with zero attached hydrogens (tertiary/aromatic N) is 2. The first-order chi connectivity index (χ1) is 12.2. The van der Waals surface area contributed by atoms with Gasteiger partial charge < -0.3 is 19.3 Å². The van der Waals surface area contributed by atoms with Crippen LogP contribution in [0.4, 0.5) is 4.79 Å². The standard InChI is InChI=1S/C20H30N2O4/c1-20(2,3)26-19(24)22-12-10-15(11-13-22)14-21(4)18(23)16-6-8-17(25-5)9-7-16/h6-9,15H,10-14H2,1-5H3. The molecule has 6 nitrogen and oxygen atoms in total. The van der Waals surface area contributed by atoms with Gasteiger partial charge >= 0.3 is 6.09 Å². The van der Waals surface area contributed by atoms with Crippen LogP contribution in [0.2, 0.25) is 0 Å². The van der Waals surface area contributed by atoms with E-state index in [9.17, 15) is 9.59 Å². The Kier molecular flexibility index (Phi) is 6.51. The van der Waals surface area contributed by atoms with E-state index in [1.807, 2.05) is 27.8 Å². The first-order valence-electron chi connectivity index (χ1n) is 9.07. The molecule has 1 aromatic rings. The number of carbonyl (C=O) groups excluding carboxylic acids is 2. The molecule has 0 unspecified atom stereocenters. The number of hydrogen-bond donors (Lipinski definition) is 0. The number of ether oxygens (including phenoxy) is 2. The lowest BCUT2D eigenvalue weighted by atomic mass is 9.96. The highest BCUT2D eigenvalue weighted by molar-refractivity contribution is 5.94. The molecule has 0 saturated carbocycles. The Morgan fingerprint density at radius 1 is 1.15 bits per heavy atom. The van der Waals surface area contributed by atoms with Crippen LogP contribution in [-0.4, -0.2) is 61.2 Å². The van der Waals surface area contributed by atoms with Gasteiger partial charge in [-0.05, 0) is 63.8 Å². The number of carbonyl (C=O) groups is 2. The Morgan fingerprint density at radius 2 is 1.73 bits per heavy atom. The minimum absolute atomic E-state index is 0.00206. The third-order valence-corrected chi connectivity index (χ3v) is 4.48. The number of piperidine rings is 1. The van der Waals surface area contributed by atoms with Crippen molar-refractivity contribution < 1.29 is 19.1 Å². The lowest BCUT2D eigenvalue weighted by Crippen LogP contribution is -2.44. The molecule has 0 bridgehead atoms. The van der Waals surface area contributed by atoms with Crippen LogP contribution in [-0.2, 0) is 4.74 Å². The third kappa shape index (κ3) is 5.64. The fourth-order valence-corrected chi connectivity index (χ4v) is 3.05. The van der Waals surface area contributed by atoms with Crippen LogP contribution >= 0.6 is 0 Å². The minimum atomic E-state index is -0.473. The second-order valence-electron chi connectivity index (χ2n) is 7.82. The number of rotatable bonds is 4. The van der Waals surface area contributed by atoms with Crippen molar-refractivity contribution in [3.63, 3.8) is 0 Å². The van der Waals surface area contributed by atoms with Crippen molar-refractivity contribution in [2.75, 3.05) is 33.8 Å². The minimum Gasteiger partial charge on any atom is -0.497 e. The van der Waals surface area contributed by atoms with Crippen LogP contribution in [0.25, 0.3) is 0 Å². The number of likely N-dealkylation sites (tertiary alicyclic amines) is 1. The van der Waals surface area contributed by atoms with E-state index in [4.69, 9.17) is 9.47 Å². The van der Waals surface area contributed by atoms with Crippen molar-refractivity contribution in [3.05, 3.63) is 29.8 Å². The zero-order chi connectivity index (χ0) is 19.3. The SMILES string of the molecule is COc1ccc(C(=O)N(C)CC2CCN(C(=O)OC(C)(C)C)CC2)cc1. The third-order valence-electron chi connectivity index (χ3n) is 4.48. The second-order valence-corrected chi connectivity index (χ2v) is 7.82. The van der Waals surface area contributed by atoms with Crippen LogP contribution in [0.3, 0.4) is 0 Å². The Labute approximate surface area is 156 Å². The van der Waals surface area contributed by atoms with E-state index in [0.29, 0.717) is 31.1 Å². The molecule has 1 fully saturated rings. The van der Waals surface area contributed by atoms with Gasteiger partial charge in [-0.15, -0.1) is 0 Å². The molecule has 144 valence electrons. The summed E-state index contributed by atoms with van der Waals surface area (Å²) in [4.78, 5) is 28.2. The van der Waals surface area contributed by atoms with E-state index < -0.39 is 5.60 Å². The Bertz CT molecular complexity index is 614. The van der Waals surface area contributed by atoms with Crippen molar-refractivity contribution in [3.8, 4) is 5.75 Å². The number of methoxy groups -OCH3 is 1. The predicted octanol–water partition coefficient (Wildman–Crippen LogP) is 3.41. The average Bonchev–Trinajstić information content (AvgIpc) is 2.60. The molecule has 6 heteroatoms. The quantitative estimate of drug-likeness (QED) is 0.823. The fraction of sp³-hybridized carbons (Fsp3) is 0.600. The average molecular weight is 362 g/mol. The second kappa shape index (κ2) is 8.43. The van der Waals surface area contributed by atoms with Crippen LogP contribution in [0.1, 0.15) is 44.0 Å². The number of benzene rings is 1. The summed E-state index contributed by atoms with van der Waals surface area (Å²) in [5.74, 6) is 1.13.